The van der Waals surface area contributed by atoms with E-state index in [-0.39, 0.29) is 24.6 Å². The van der Waals surface area contributed by atoms with Crippen LogP contribution < -0.4 is 21.7 Å². The quantitative estimate of drug-likeness (QED) is 0.196. The van der Waals surface area contributed by atoms with Crippen molar-refractivity contribution in [2.24, 2.45) is 11.7 Å². The van der Waals surface area contributed by atoms with Gasteiger partial charge in [0.1, 0.15) is 18.1 Å². The van der Waals surface area contributed by atoms with Gasteiger partial charge < -0.3 is 31.8 Å². The Bertz CT molecular complexity index is 698. The Labute approximate surface area is 174 Å². The van der Waals surface area contributed by atoms with Crippen LogP contribution in [0.1, 0.15) is 26.0 Å². The second kappa shape index (κ2) is 12.1. The molecule has 0 aliphatic heterocycles. The number of carbonyl (C=O) groups is 4. The van der Waals surface area contributed by atoms with Crippen molar-refractivity contribution in [2.45, 2.75) is 44.8 Å². The van der Waals surface area contributed by atoms with Crippen molar-refractivity contribution >= 4 is 36.3 Å². The van der Waals surface area contributed by atoms with Crippen molar-refractivity contribution in [2.75, 3.05) is 12.3 Å². The number of nitrogens with one attached hydrogen (secondary N) is 4. The number of nitrogens with zero attached hydrogens (tertiary/aromatic N) is 1. The lowest BCUT2D eigenvalue weighted by molar-refractivity contribution is -0.142. The number of H-pyrrole nitrogens is 1. The molecule has 3 amide bonds. The van der Waals surface area contributed by atoms with E-state index in [2.05, 4.69) is 38.5 Å². The summed E-state index contributed by atoms with van der Waals surface area (Å²) in [6.45, 7) is 3.29. The molecule has 29 heavy (non-hydrogen) atoms. The minimum absolute atomic E-state index is 0.0999. The number of hydrogen-bond donors (Lipinski definition) is 7. The monoisotopic (exact) mass is 428 g/mol. The first-order valence-corrected chi connectivity index (χ1v) is 9.77. The number of carboxylic acids is 1. The highest BCUT2D eigenvalue weighted by atomic mass is 32.1. The van der Waals surface area contributed by atoms with Crippen molar-refractivity contribution in [3.8, 4) is 0 Å². The number of carbonyl (C=O) groups excluding carboxylic acids is 3. The normalized spacial score (nSPS) is 14.9. The van der Waals surface area contributed by atoms with Crippen LogP contribution in [0, 0.1) is 5.92 Å². The van der Waals surface area contributed by atoms with Crippen LogP contribution >= 0.6 is 12.6 Å². The van der Waals surface area contributed by atoms with E-state index in [9.17, 15) is 19.2 Å². The van der Waals surface area contributed by atoms with Crippen LogP contribution in [0.3, 0.4) is 0 Å². The van der Waals surface area contributed by atoms with Gasteiger partial charge in [0.25, 0.3) is 0 Å². The maximum Gasteiger partial charge on any atom is 0.327 e. The third-order valence-corrected chi connectivity index (χ3v) is 4.77. The first kappa shape index (κ1) is 24.4. The van der Waals surface area contributed by atoms with E-state index in [0.29, 0.717) is 12.1 Å². The van der Waals surface area contributed by atoms with E-state index in [1.165, 1.54) is 12.5 Å². The number of nitrogens with two attached hydrogens (primary N) is 1. The lowest BCUT2D eigenvalue weighted by Gasteiger charge is -2.27. The van der Waals surface area contributed by atoms with Gasteiger partial charge in [0.05, 0.1) is 12.9 Å². The minimum Gasteiger partial charge on any atom is -0.480 e. The van der Waals surface area contributed by atoms with Crippen molar-refractivity contribution in [1.82, 2.24) is 25.9 Å². The molecule has 1 heterocycles. The highest BCUT2D eigenvalue weighted by Crippen LogP contribution is 2.10. The van der Waals surface area contributed by atoms with Crippen molar-refractivity contribution in [3.63, 3.8) is 0 Å². The fraction of sp³-hybridized carbons (Fsp3) is 0.588. The molecule has 0 saturated carbocycles. The van der Waals surface area contributed by atoms with Crippen LogP contribution in [0.2, 0.25) is 0 Å². The number of amides is 3. The molecule has 0 radical (unpaired) electrons. The van der Waals surface area contributed by atoms with E-state index in [1.54, 1.807) is 6.92 Å². The molecule has 7 N–H and O–H groups in total. The second-order valence-corrected chi connectivity index (χ2v) is 6.92. The summed E-state index contributed by atoms with van der Waals surface area (Å²) in [5.74, 6) is -3.38. The number of aromatic nitrogens is 2. The average Bonchev–Trinajstić information content (AvgIpc) is 3.21. The van der Waals surface area contributed by atoms with Crippen LogP contribution in [0.25, 0.3) is 0 Å². The van der Waals surface area contributed by atoms with Gasteiger partial charge in [0, 0.05) is 24.1 Å². The second-order valence-electron chi connectivity index (χ2n) is 6.56. The van der Waals surface area contributed by atoms with E-state index in [1.807, 2.05) is 6.92 Å². The topological polar surface area (TPSA) is 179 Å². The summed E-state index contributed by atoms with van der Waals surface area (Å²) in [6, 6.07) is -3.17. The molecule has 4 atom stereocenters. The minimum atomic E-state index is -1.23. The third-order valence-electron chi connectivity index (χ3n) is 4.41. The van der Waals surface area contributed by atoms with E-state index >= 15 is 0 Å². The Kier molecular flexibility index (Phi) is 10.2. The number of aliphatic carboxylic acids is 1. The van der Waals surface area contributed by atoms with Gasteiger partial charge in [0.15, 0.2) is 0 Å². The zero-order valence-corrected chi connectivity index (χ0v) is 17.2. The van der Waals surface area contributed by atoms with Gasteiger partial charge in [-0.2, -0.15) is 12.6 Å². The number of aromatic amines is 1. The summed E-state index contributed by atoms with van der Waals surface area (Å²) in [5.41, 5.74) is 5.93. The first-order chi connectivity index (χ1) is 13.7. The van der Waals surface area contributed by atoms with Gasteiger partial charge in [0.2, 0.25) is 17.7 Å². The van der Waals surface area contributed by atoms with Gasteiger partial charge in [-0.15, -0.1) is 0 Å². The molecule has 0 fully saturated rings. The summed E-state index contributed by atoms with van der Waals surface area (Å²) >= 11 is 3.92. The number of rotatable bonds is 12. The van der Waals surface area contributed by atoms with E-state index < -0.39 is 41.8 Å². The van der Waals surface area contributed by atoms with Crippen molar-refractivity contribution < 1.29 is 24.3 Å². The smallest absolute Gasteiger partial charge is 0.327 e. The van der Waals surface area contributed by atoms with Gasteiger partial charge in [-0.1, -0.05) is 20.3 Å². The molecule has 0 saturated heterocycles. The third kappa shape index (κ3) is 7.74. The van der Waals surface area contributed by atoms with Gasteiger partial charge >= 0.3 is 5.97 Å². The Morgan fingerprint density at radius 1 is 1.21 bits per heavy atom. The molecule has 1 rings (SSSR count). The molecule has 0 spiro atoms. The maximum absolute atomic E-state index is 12.8. The van der Waals surface area contributed by atoms with Crippen LogP contribution in [0.5, 0.6) is 0 Å². The van der Waals surface area contributed by atoms with Crippen LogP contribution in [0.15, 0.2) is 12.5 Å². The predicted octanol–water partition coefficient (Wildman–Crippen LogP) is -1.57. The molecule has 0 aliphatic carbocycles. The molecule has 0 aliphatic rings. The zero-order valence-electron chi connectivity index (χ0n) is 16.3. The van der Waals surface area contributed by atoms with E-state index in [4.69, 9.17) is 10.8 Å². The summed E-state index contributed by atoms with van der Waals surface area (Å²) in [6.07, 6.45) is 3.62. The predicted molar refractivity (Wildman–Crippen MR) is 108 cm³/mol. The Morgan fingerprint density at radius 2 is 1.90 bits per heavy atom. The van der Waals surface area contributed by atoms with Gasteiger partial charge in [-0.25, -0.2) is 9.78 Å². The standard InChI is InChI=1S/C17H28N6O5S/c1-3-9(2)14(16(26)22-12(7-29)17(27)28)23-15(25)11(21-13(24)5-18)4-10-6-19-8-20-10/h6,8-9,11-12,14,29H,3-5,7,18H2,1-2H3,(H,19,20)(H,21,24)(H,22,26)(H,23,25)(H,27,28). The van der Waals surface area contributed by atoms with Gasteiger partial charge in [-0.3, -0.25) is 14.4 Å². The first-order valence-electron chi connectivity index (χ1n) is 9.14. The van der Waals surface area contributed by atoms with Crippen LogP contribution in [-0.2, 0) is 25.6 Å². The summed E-state index contributed by atoms with van der Waals surface area (Å²) in [7, 11) is 0. The number of hydrogen-bond acceptors (Lipinski definition) is 7. The van der Waals surface area contributed by atoms with Crippen molar-refractivity contribution in [1.29, 1.82) is 0 Å². The van der Waals surface area contributed by atoms with Crippen LogP contribution in [-0.4, -0.2) is 69.2 Å². The molecule has 1 aromatic heterocycles. The van der Waals surface area contributed by atoms with Crippen LogP contribution in [0.4, 0.5) is 0 Å². The molecule has 12 heteroatoms. The van der Waals surface area contributed by atoms with Crippen molar-refractivity contribution in [3.05, 3.63) is 18.2 Å². The molecular formula is C17H28N6O5S. The molecule has 0 bridgehead atoms. The van der Waals surface area contributed by atoms with Gasteiger partial charge in [-0.05, 0) is 5.92 Å². The number of carboxylic acid groups (broad SMARTS) is 1. The average molecular weight is 429 g/mol. The molecule has 162 valence electrons. The molecular weight excluding hydrogens is 400 g/mol. The lowest BCUT2D eigenvalue weighted by Crippen LogP contribution is -2.58. The highest BCUT2D eigenvalue weighted by Gasteiger charge is 2.32. The Balaban J connectivity index is 2.97. The molecule has 11 nitrogen and oxygen atoms in total. The lowest BCUT2D eigenvalue weighted by atomic mass is 9.97. The zero-order chi connectivity index (χ0) is 22.0. The maximum atomic E-state index is 12.8. The SMILES string of the molecule is CCC(C)C(NC(=O)C(Cc1cnc[nH]1)NC(=O)CN)C(=O)NC(CS)C(=O)O. The summed E-state index contributed by atoms with van der Waals surface area (Å²) in [5, 5.41) is 16.6. The fourth-order valence-corrected chi connectivity index (χ4v) is 2.73. The molecule has 4 unspecified atom stereocenters. The summed E-state index contributed by atoms with van der Waals surface area (Å²) in [4.78, 5) is 55.1. The molecule has 1 aromatic rings. The Hall–Kier alpha value is -2.60. The number of thiol groups is 1. The summed E-state index contributed by atoms with van der Waals surface area (Å²) < 4.78 is 0. The molecule has 0 aromatic carbocycles. The largest absolute Gasteiger partial charge is 0.480 e. The number of imidazole rings is 1. The highest BCUT2D eigenvalue weighted by molar-refractivity contribution is 7.80. The fourth-order valence-electron chi connectivity index (χ4n) is 2.48. The Morgan fingerprint density at radius 3 is 2.38 bits per heavy atom. The van der Waals surface area contributed by atoms with E-state index in [0.717, 1.165) is 0 Å².